The van der Waals surface area contributed by atoms with Gasteiger partial charge in [-0.3, -0.25) is 9.89 Å². The Balaban J connectivity index is 0.00000264. The van der Waals surface area contributed by atoms with E-state index in [9.17, 15) is 0 Å². The van der Waals surface area contributed by atoms with Crippen LogP contribution in [0.3, 0.4) is 0 Å². The molecule has 1 saturated heterocycles. The summed E-state index contributed by atoms with van der Waals surface area (Å²) in [7, 11) is 1.86. The van der Waals surface area contributed by atoms with Crippen LogP contribution >= 0.6 is 24.0 Å². The van der Waals surface area contributed by atoms with Crippen molar-refractivity contribution < 1.29 is 0 Å². The van der Waals surface area contributed by atoms with E-state index < -0.39 is 0 Å². The minimum atomic E-state index is 0. The number of nitrogens with zero attached hydrogens (tertiary/aromatic N) is 2. The summed E-state index contributed by atoms with van der Waals surface area (Å²) in [5.74, 6) is 0.939. The van der Waals surface area contributed by atoms with Crippen LogP contribution in [0.25, 0.3) is 0 Å². The second kappa shape index (κ2) is 10.0. The Morgan fingerprint density at radius 3 is 2.43 bits per heavy atom. The molecule has 0 aromatic heterocycles. The minimum Gasteiger partial charge on any atom is -0.355 e. The van der Waals surface area contributed by atoms with Gasteiger partial charge in [-0.2, -0.15) is 0 Å². The van der Waals surface area contributed by atoms with E-state index in [1.54, 1.807) is 0 Å². The summed E-state index contributed by atoms with van der Waals surface area (Å²) in [6.45, 7) is 10.8. The molecule has 0 aromatic carbocycles. The molecular weight excluding hydrogens is 401 g/mol. The lowest BCUT2D eigenvalue weighted by Crippen LogP contribution is -2.48. The lowest BCUT2D eigenvalue weighted by molar-refractivity contribution is 0.242. The van der Waals surface area contributed by atoms with Crippen LogP contribution in [0.1, 0.15) is 52.9 Å². The highest BCUT2D eigenvalue weighted by molar-refractivity contribution is 14.0. The molecule has 5 nitrogen and oxygen atoms in total. The van der Waals surface area contributed by atoms with Crippen LogP contribution in [0.4, 0.5) is 0 Å². The van der Waals surface area contributed by atoms with Crippen molar-refractivity contribution in [2.75, 3.05) is 33.2 Å². The number of halogens is 1. The second-order valence-corrected chi connectivity index (χ2v) is 7.74. The summed E-state index contributed by atoms with van der Waals surface area (Å²) in [5.41, 5.74) is 0.172. The van der Waals surface area contributed by atoms with Crippen molar-refractivity contribution in [1.82, 2.24) is 20.9 Å². The van der Waals surface area contributed by atoms with E-state index in [2.05, 4.69) is 46.6 Å². The van der Waals surface area contributed by atoms with Crippen LogP contribution in [-0.2, 0) is 0 Å². The zero-order valence-electron chi connectivity index (χ0n) is 15.3. The third-order valence-electron chi connectivity index (χ3n) is 4.70. The fraction of sp³-hybridized carbons (Fsp3) is 0.941. The van der Waals surface area contributed by atoms with Gasteiger partial charge in [-0.1, -0.05) is 12.8 Å². The Morgan fingerprint density at radius 2 is 1.83 bits per heavy atom. The molecule has 0 amide bonds. The quantitative estimate of drug-likeness (QED) is 0.267. The highest BCUT2D eigenvalue weighted by atomic mass is 127. The van der Waals surface area contributed by atoms with E-state index in [1.807, 2.05) is 7.05 Å². The number of nitrogens with one attached hydrogen (secondary N) is 3. The first-order valence-corrected chi connectivity index (χ1v) is 8.94. The molecule has 2 aliphatic rings. The fourth-order valence-corrected chi connectivity index (χ4v) is 3.51. The summed E-state index contributed by atoms with van der Waals surface area (Å²) in [4.78, 5) is 7.04. The predicted octanol–water partition coefficient (Wildman–Crippen LogP) is 2.17. The maximum Gasteiger partial charge on any atom is 0.191 e. The predicted molar refractivity (Wildman–Crippen MR) is 110 cm³/mol. The van der Waals surface area contributed by atoms with Crippen molar-refractivity contribution in [3.05, 3.63) is 0 Å². The summed E-state index contributed by atoms with van der Waals surface area (Å²) < 4.78 is 0. The first-order valence-electron chi connectivity index (χ1n) is 8.94. The topological polar surface area (TPSA) is 51.7 Å². The van der Waals surface area contributed by atoms with Crippen molar-refractivity contribution in [2.24, 2.45) is 4.99 Å². The van der Waals surface area contributed by atoms with Crippen LogP contribution < -0.4 is 16.0 Å². The van der Waals surface area contributed by atoms with Crippen molar-refractivity contribution >= 4 is 29.9 Å². The lowest BCUT2D eigenvalue weighted by atomic mass is 10.1. The van der Waals surface area contributed by atoms with E-state index in [0.29, 0.717) is 6.04 Å². The molecule has 3 N–H and O–H groups in total. The largest absolute Gasteiger partial charge is 0.355 e. The Hall–Kier alpha value is -0.0800. The Labute approximate surface area is 159 Å². The van der Waals surface area contributed by atoms with Gasteiger partial charge in [0.25, 0.3) is 0 Å². The third kappa shape index (κ3) is 7.56. The molecule has 0 aromatic rings. The van der Waals surface area contributed by atoms with Gasteiger partial charge in [0, 0.05) is 50.8 Å². The zero-order valence-corrected chi connectivity index (χ0v) is 17.7. The van der Waals surface area contributed by atoms with Crippen molar-refractivity contribution in [1.29, 1.82) is 0 Å². The minimum absolute atomic E-state index is 0. The molecule has 2 fully saturated rings. The number of aliphatic imine (C=N–C) groups is 1. The molecular formula is C17H36IN5. The van der Waals surface area contributed by atoms with E-state index in [0.717, 1.165) is 25.1 Å². The van der Waals surface area contributed by atoms with E-state index in [4.69, 9.17) is 0 Å². The number of hydrogen-bond donors (Lipinski definition) is 3. The molecule has 136 valence electrons. The monoisotopic (exact) mass is 437 g/mol. The Bertz CT molecular complexity index is 360. The van der Waals surface area contributed by atoms with Crippen LogP contribution in [0.15, 0.2) is 4.99 Å². The summed E-state index contributed by atoms with van der Waals surface area (Å²) in [5, 5.41) is 10.5. The summed E-state index contributed by atoms with van der Waals surface area (Å²) in [6.07, 6.45) is 6.88. The van der Waals surface area contributed by atoms with Gasteiger partial charge in [0.05, 0.1) is 0 Å². The third-order valence-corrected chi connectivity index (χ3v) is 4.70. The number of hydrogen-bond acceptors (Lipinski definition) is 3. The van der Waals surface area contributed by atoms with Gasteiger partial charge in [0.15, 0.2) is 5.96 Å². The molecule has 23 heavy (non-hydrogen) atoms. The van der Waals surface area contributed by atoms with Gasteiger partial charge in [0.1, 0.15) is 0 Å². The van der Waals surface area contributed by atoms with Gasteiger partial charge in [0.2, 0.25) is 0 Å². The average molecular weight is 437 g/mol. The first-order chi connectivity index (χ1) is 10.5. The maximum absolute atomic E-state index is 4.36. The molecule has 2 rings (SSSR count). The SMILES string of the molecule is CN=C(NCCNC(C)(C)C)NC1CCN(C2CCCC2)C1.I. The number of rotatable bonds is 5. The molecule has 0 spiro atoms. The molecule has 1 unspecified atom stereocenters. The molecule has 6 heteroatoms. The lowest BCUT2D eigenvalue weighted by Gasteiger charge is -2.24. The first kappa shape index (κ1) is 21.0. The fourth-order valence-electron chi connectivity index (χ4n) is 3.51. The van der Waals surface area contributed by atoms with Crippen molar-refractivity contribution in [2.45, 2.75) is 70.5 Å². The molecule has 0 bridgehead atoms. The average Bonchev–Trinajstić information content (AvgIpc) is 3.11. The van der Waals surface area contributed by atoms with Crippen LogP contribution in [0, 0.1) is 0 Å². The van der Waals surface area contributed by atoms with Crippen molar-refractivity contribution in [3.8, 4) is 0 Å². The van der Waals surface area contributed by atoms with Crippen molar-refractivity contribution in [3.63, 3.8) is 0 Å². The van der Waals surface area contributed by atoms with Gasteiger partial charge in [-0.25, -0.2) is 0 Å². The van der Waals surface area contributed by atoms with Gasteiger partial charge in [-0.15, -0.1) is 24.0 Å². The van der Waals surface area contributed by atoms with Gasteiger partial charge in [-0.05, 0) is 40.0 Å². The van der Waals surface area contributed by atoms with Crippen LogP contribution in [0.2, 0.25) is 0 Å². The molecule has 1 aliphatic heterocycles. The van der Waals surface area contributed by atoms with E-state index in [-0.39, 0.29) is 29.5 Å². The summed E-state index contributed by atoms with van der Waals surface area (Å²) >= 11 is 0. The zero-order chi connectivity index (χ0) is 16.0. The molecule has 0 radical (unpaired) electrons. The van der Waals surface area contributed by atoms with Gasteiger partial charge < -0.3 is 16.0 Å². The van der Waals surface area contributed by atoms with Crippen LogP contribution in [0.5, 0.6) is 0 Å². The Kier molecular flexibility index (Phi) is 9.15. The maximum atomic E-state index is 4.36. The van der Waals surface area contributed by atoms with E-state index >= 15 is 0 Å². The standard InChI is InChI=1S/C17H35N5.HI/c1-17(2,3)20-11-10-19-16(18-4)21-14-9-12-22(13-14)15-7-5-6-8-15;/h14-15,20H,5-13H2,1-4H3,(H2,18,19,21);1H. The number of guanidine groups is 1. The van der Waals surface area contributed by atoms with Crippen LogP contribution in [-0.4, -0.2) is 61.7 Å². The smallest absolute Gasteiger partial charge is 0.191 e. The Morgan fingerprint density at radius 1 is 1.13 bits per heavy atom. The second-order valence-electron chi connectivity index (χ2n) is 7.74. The number of likely N-dealkylation sites (tertiary alicyclic amines) is 1. The highest BCUT2D eigenvalue weighted by Crippen LogP contribution is 2.26. The van der Waals surface area contributed by atoms with Gasteiger partial charge >= 0.3 is 0 Å². The molecule has 1 saturated carbocycles. The normalized spacial score (nSPS) is 23.8. The molecule has 1 heterocycles. The van der Waals surface area contributed by atoms with E-state index in [1.165, 1.54) is 45.2 Å². The highest BCUT2D eigenvalue weighted by Gasteiger charge is 2.30. The molecule has 1 atom stereocenters. The summed E-state index contributed by atoms with van der Waals surface area (Å²) in [6, 6.07) is 1.39. The molecule has 1 aliphatic carbocycles.